The number of imide groups is 1. The number of thioether (sulfide) groups is 2. The van der Waals surface area contributed by atoms with Gasteiger partial charge in [0.15, 0.2) is 0 Å². The maximum absolute atomic E-state index is 12.5. The highest BCUT2D eigenvalue weighted by atomic mass is 35.5. The highest BCUT2D eigenvalue weighted by Crippen LogP contribution is 2.32. The first-order valence-corrected chi connectivity index (χ1v) is 11.2. The summed E-state index contributed by atoms with van der Waals surface area (Å²) in [7, 11) is 1.58. The zero-order chi connectivity index (χ0) is 21.5. The standard InChI is InChI=1S/C21H19ClN2O4S2/c1-28-16-6-2-14(3-7-16)12-18-20(26)24(21(27)30-18)11-10-23-19(25)13-29-17-8-4-15(22)5-9-17/h2-9,12H,10-11,13H2,1H3,(H,23,25). The Morgan fingerprint density at radius 1 is 1.17 bits per heavy atom. The van der Waals surface area contributed by atoms with Crippen molar-refractivity contribution in [2.75, 3.05) is 26.0 Å². The molecule has 3 amide bonds. The fourth-order valence-electron chi connectivity index (χ4n) is 2.58. The first-order valence-electron chi connectivity index (χ1n) is 9.01. The second-order valence-electron chi connectivity index (χ2n) is 6.20. The molecule has 9 heteroatoms. The van der Waals surface area contributed by atoms with Gasteiger partial charge in [0, 0.05) is 23.0 Å². The number of hydrogen-bond donors (Lipinski definition) is 1. The summed E-state index contributed by atoms with van der Waals surface area (Å²) in [6, 6.07) is 14.4. The molecule has 6 nitrogen and oxygen atoms in total. The molecule has 1 aliphatic rings. The SMILES string of the molecule is COc1ccc(C=C2SC(=O)N(CCNC(=O)CSc3ccc(Cl)cc3)C2=O)cc1. The van der Waals surface area contributed by atoms with Crippen LogP contribution in [0.4, 0.5) is 4.79 Å². The summed E-state index contributed by atoms with van der Waals surface area (Å²) in [4.78, 5) is 39.1. The topological polar surface area (TPSA) is 75.7 Å². The van der Waals surface area contributed by atoms with Gasteiger partial charge in [-0.1, -0.05) is 23.7 Å². The average molecular weight is 463 g/mol. The molecular formula is C21H19ClN2O4S2. The van der Waals surface area contributed by atoms with Crippen molar-refractivity contribution < 1.29 is 19.1 Å². The van der Waals surface area contributed by atoms with E-state index in [9.17, 15) is 14.4 Å². The highest BCUT2D eigenvalue weighted by Gasteiger charge is 2.34. The lowest BCUT2D eigenvalue weighted by atomic mass is 10.2. The van der Waals surface area contributed by atoms with Gasteiger partial charge in [-0.2, -0.15) is 0 Å². The van der Waals surface area contributed by atoms with Crippen LogP contribution in [-0.4, -0.2) is 47.9 Å². The normalized spacial score (nSPS) is 15.0. The van der Waals surface area contributed by atoms with Crippen LogP contribution in [-0.2, 0) is 9.59 Å². The number of rotatable bonds is 8. The number of ether oxygens (including phenoxy) is 1. The minimum absolute atomic E-state index is 0.127. The minimum Gasteiger partial charge on any atom is -0.497 e. The molecule has 0 radical (unpaired) electrons. The van der Waals surface area contributed by atoms with Crippen LogP contribution >= 0.6 is 35.1 Å². The van der Waals surface area contributed by atoms with Crippen LogP contribution in [0.1, 0.15) is 5.56 Å². The van der Waals surface area contributed by atoms with E-state index in [0.717, 1.165) is 27.1 Å². The van der Waals surface area contributed by atoms with Crippen LogP contribution in [0.15, 0.2) is 58.3 Å². The first-order chi connectivity index (χ1) is 14.5. The lowest BCUT2D eigenvalue weighted by molar-refractivity contribution is -0.123. The third-order valence-corrected chi connectivity index (χ3v) is 6.30. The van der Waals surface area contributed by atoms with Crippen LogP contribution in [0.25, 0.3) is 6.08 Å². The number of halogens is 1. The van der Waals surface area contributed by atoms with Crippen molar-refractivity contribution in [3.8, 4) is 5.75 Å². The van der Waals surface area contributed by atoms with E-state index in [2.05, 4.69) is 5.32 Å². The van der Waals surface area contributed by atoms with Crippen LogP contribution in [0.5, 0.6) is 5.75 Å². The summed E-state index contributed by atoms with van der Waals surface area (Å²) >= 11 is 8.12. The monoisotopic (exact) mass is 462 g/mol. The van der Waals surface area contributed by atoms with Crippen LogP contribution in [0, 0.1) is 0 Å². The molecule has 0 unspecified atom stereocenters. The Kier molecular flexibility index (Phi) is 7.84. The molecule has 0 saturated carbocycles. The smallest absolute Gasteiger partial charge is 0.293 e. The number of hydrogen-bond acceptors (Lipinski definition) is 6. The fraction of sp³-hybridized carbons (Fsp3) is 0.190. The molecule has 0 atom stereocenters. The van der Waals surface area contributed by atoms with E-state index >= 15 is 0 Å². The Morgan fingerprint density at radius 3 is 2.53 bits per heavy atom. The van der Waals surface area contributed by atoms with Crippen molar-refractivity contribution in [1.29, 1.82) is 0 Å². The lowest BCUT2D eigenvalue weighted by Crippen LogP contribution is -2.37. The molecule has 0 spiro atoms. The number of benzene rings is 2. The quantitative estimate of drug-likeness (QED) is 0.465. The van der Waals surface area contributed by atoms with Crippen molar-refractivity contribution in [2.24, 2.45) is 0 Å². The summed E-state index contributed by atoms with van der Waals surface area (Å²) in [5.74, 6) is 0.424. The predicted octanol–water partition coefficient (Wildman–Crippen LogP) is 4.29. The van der Waals surface area contributed by atoms with Crippen molar-refractivity contribution in [1.82, 2.24) is 10.2 Å². The molecule has 30 heavy (non-hydrogen) atoms. The Bertz CT molecular complexity index is 962. The van der Waals surface area contributed by atoms with Gasteiger partial charge in [0.25, 0.3) is 11.1 Å². The summed E-state index contributed by atoms with van der Waals surface area (Å²) in [6.45, 7) is 0.329. The Labute approximate surface area is 188 Å². The number of amides is 3. The van der Waals surface area contributed by atoms with E-state index in [4.69, 9.17) is 16.3 Å². The lowest BCUT2D eigenvalue weighted by Gasteiger charge is -2.13. The molecule has 1 heterocycles. The van der Waals surface area contributed by atoms with Crippen LogP contribution < -0.4 is 10.1 Å². The molecule has 1 aliphatic heterocycles. The van der Waals surface area contributed by atoms with E-state index in [1.54, 1.807) is 37.5 Å². The molecule has 2 aromatic carbocycles. The largest absolute Gasteiger partial charge is 0.497 e. The first kappa shape index (κ1) is 22.3. The number of nitrogens with one attached hydrogen (secondary N) is 1. The molecular weight excluding hydrogens is 444 g/mol. The Balaban J connectivity index is 1.47. The molecule has 156 valence electrons. The molecule has 1 N–H and O–H groups in total. The second kappa shape index (κ2) is 10.6. The van der Waals surface area contributed by atoms with Gasteiger partial charge in [-0.25, -0.2) is 0 Å². The zero-order valence-corrected chi connectivity index (χ0v) is 18.5. The maximum atomic E-state index is 12.5. The van der Waals surface area contributed by atoms with Gasteiger partial charge in [-0.15, -0.1) is 11.8 Å². The highest BCUT2D eigenvalue weighted by molar-refractivity contribution is 8.18. The molecule has 2 aromatic rings. The molecule has 0 bridgehead atoms. The van der Waals surface area contributed by atoms with Crippen molar-refractivity contribution in [3.05, 3.63) is 64.0 Å². The van der Waals surface area contributed by atoms with Crippen LogP contribution in [0.2, 0.25) is 5.02 Å². The van der Waals surface area contributed by atoms with Gasteiger partial charge in [0.1, 0.15) is 5.75 Å². The fourth-order valence-corrected chi connectivity index (χ4v) is 4.30. The van der Waals surface area contributed by atoms with Gasteiger partial charge >= 0.3 is 0 Å². The Morgan fingerprint density at radius 2 is 1.87 bits per heavy atom. The summed E-state index contributed by atoms with van der Waals surface area (Å²) in [6.07, 6.45) is 1.67. The van der Waals surface area contributed by atoms with Crippen molar-refractivity contribution in [2.45, 2.75) is 4.90 Å². The molecule has 0 aromatic heterocycles. The van der Waals surface area contributed by atoms with E-state index in [0.29, 0.717) is 15.7 Å². The minimum atomic E-state index is -0.356. The van der Waals surface area contributed by atoms with Crippen molar-refractivity contribution in [3.63, 3.8) is 0 Å². The van der Waals surface area contributed by atoms with Crippen LogP contribution in [0.3, 0.4) is 0 Å². The third-order valence-electron chi connectivity index (χ3n) is 4.13. The number of methoxy groups -OCH3 is 1. The van der Waals surface area contributed by atoms with Crippen molar-refractivity contribution >= 4 is 58.3 Å². The van der Waals surface area contributed by atoms with E-state index < -0.39 is 0 Å². The molecule has 1 fully saturated rings. The van der Waals surface area contributed by atoms with E-state index in [1.807, 2.05) is 24.3 Å². The van der Waals surface area contributed by atoms with Gasteiger partial charge in [0.05, 0.1) is 17.8 Å². The van der Waals surface area contributed by atoms with Gasteiger partial charge in [-0.05, 0) is 59.8 Å². The number of nitrogens with zero attached hydrogens (tertiary/aromatic N) is 1. The molecule has 3 rings (SSSR count). The number of carbonyl (C=O) groups is 3. The maximum Gasteiger partial charge on any atom is 0.293 e. The van der Waals surface area contributed by atoms with E-state index in [-0.39, 0.29) is 35.9 Å². The van der Waals surface area contributed by atoms with E-state index in [1.165, 1.54) is 11.8 Å². The Hall–Kier alpha value is -2.42. The van der Waals surface area contributed by atoms with Gasteiger partial charge < -0.3 is 10.1 Å². The second-order valence-corrected chi connectivity index (χ2v) is 8.68. The molecule has 1 saturated heterocycles. The molecule has 0 aliphatic carbocycles. The van der Waals surface area contributed by atoms with Gasteiger partial charge in [-0.3, -0.25) is 19.3 Å². The zero-order valence-electron chi connectivity index (χ0n) is 16.1. The van der Waals surface area contributed by atoms with Gasteiger partial charge in [0.2, 0.25) is 5.91 Å². The number of carbonyl (C=O) groups excluding carboxylic acids is 3. The summed E-state index contributed by atoms with van der Waals surface area (Å²) in [5.41, 5.74) is 0.800. The third kappa shape index (κ3) is 6.04. The summed E-state index contributed by atoms with van der Waals surface area (Å²) < 4.78 is 5.11. The average Bonchev–Trinajstić information content (AvgIpc) is 3.01. The summed E-state index contributed by atoms with van der Waals surface area (Å²) in [5, 5.41) is 3.03. The predicted molar refractivity (Wildman–Crippen MR) is 121 cm³/mol.